The van der Waals surface area contributed by atoms with Gasteiger partial charge in [0, 0.05) is 38.6 Å². The Morgan fingerprint density at radius 3 is 2.83 bits per heavy atom. The number of anilines is 1. The second-order valence-electron chi connectivity index (χ2n) is 8.58. The van der Waals surface area contributed by atoms with Gasteiger partial charge >= 0.3 is 0 Å². The number of amides is 1. The van der Waals surface area contributed by atoms with Crippen LogP contribution in [-0.2, 0) is 13.1 Å². The minimum absolute atomic E-state index is 0. The number of H-pyrrole nitrogens is 1. The van der Waals surface area contributed by atoms with Gasteiger partial charge in [0.1, 0.15) is 5.52 Å². The quantitative estimate of drug-likeness (QED) is 0.370. The Balaban J connectivity index is 0.00000304. The topological polar surface area (TPSA) is 109 Å². The maximum atomic E-state index is 12.9. The van der Waals surface area contributed by atoms with E-state index in [2.05, 4.69) is 25.4 Å². The van der Waals surface area contributed by atoms with E-state index >= 15 is 0 Å². The molecule has 1 amide bonds. The zero-order valence-electron chi connectivity index (χ0n) is 19.2. The molecule has 1 aliphatic rings. The third-order valence-corrected chi connectivity index (χ3v) is 6.83. The van der Waals surface area contributed by atoms with Crippen molar-refractivity contribution in [1.82, 2.24) is 29.6 Å². The van der Waals surface area contributed by atoms with Crippen LogP contribution in [0.4, 0.5) is 5.95 Å². The summed E-state index contributed by atoms with van der Waals surface area (Å²) in [5, 5.41) is 8.48. The van der Waals surface area contributed by atoms with E-state index in [1.807, 2.05) is 11.0 Å². The van der Waals surface area contributed by atoms with E-state index in [1.54, 1.807) is 47.5 Å². The van der Waals surface area contributed by atoms with Crippen molar-refractivity contribution in [3.05, 3.63) is 80.4 Å². The molecule has 2 N–H and O–H groups in total. The summed E-state index contributed by atoms with van der Waals surface area (Å²) < 4.78 is 1.69. The molecule has 0 aliphatic carbocycles. The van der Waals surface area contributed by atoms with E-state index in [0.717, 1.165) is 18.4 Å². The van der Waals surface area contributed by atoms with E-state index in [4.69, 9.17) is 23.2 Å². The van der Waals surface area contributed by atoms with Crippen molar-refractivity contribution >= 4 is 58.5 Å². The van der Waals surface area contributed by atoms with Crippen LogP contribution in [0.1, 0.15) is 28.8 Å². The molecular formula is C24H24Cl3N7O2. The molecule has 0 spiro atoms. The van der Waals surface area contributed by atoms with Gasteiger partial charge in [0.25, 0.3) is 11.5 Å². The Labute approximate surface area is 223 Å². The molecule has 4 heterocycles. The largest absolute Gasteiger partial charge is 0.352 e. The van der Waals surface area contributed by atoms with Crippen LogP contribution in [0, 0.1) is 5.92 Å². The maximum absolute atomic E-state index is 12.9. The van der Waals surface area contributed by atoms with Crippen LogP contribution in [0.25, 0.3) is 11.0 Å². The first kappa shape index (κ1) is 25.9. The molecule has 3 aromatic heterocycles. The van der Waals surface area contributed by atoms with Gasteiger partial charge in [-0.25, -0.2) is 4.98 Å². The highest BCUT2D eigenvalue weighted by molar-refractivity contribution is 6.42. The lowest BCUT2D eigenvalue weighted by molar-refractivity contribution is 0.0660. The standard InChI is InChI=1S/C24H23Cl2N7O2.ClH/c25-18-6-5-15(9-19(18)26)10-28-24-30-20-12-29-33(21(20)22(34)31-24)14-16-3-2-8-32(13-16)23(35)17-4-1-7-27-11-17;/h1,4-7,9,11-12,16H,2-3,8,10,13-14H2,(H2,28,30,31,34);1H. The lowest BCUT2D eigenvalue weighted by Gasteiger charge is -2.32. The van der Waals surface area contributed by atoms with Crippen LogP contribution < -0.4 is 10.9 Å². The summed E-state index contributed by atoms with van der Waals surface area (Å²) in [6.45, 7) is 2.26. The molecule has 9 nitrogen and oxygen atoms in total. The van der Waals surface area contributed by atoms with Crippen molar-refractivity contribution in [2.75, 3.05) is 18.4 Å². The number of carbonyl (C=O) groups is 1. The predicted molar refractivity (Wildman–Crippen MR) is 142 cm³/mol. The predicted octanol–water partition coefficient (Wildman–Crippen LogP) is 4.41. The lowest BCUT2D eigenvalue weighted by atomic mass is 9.97. The minimum atomic E-state index is -0.275. The number of likely N-dealkylation sites (tertiary alicyclic amines) is 1. The molecule has 1 saturated heterocycles. The summed E-state index contributed by atoms with van der Waals surface area (Å²) >= 11 is 12.0. The zero-order chi connectivity index (χ0) is 24.4. The van der Waals surface area contributed by atoms with Gasteiger partial charge in [-0.2, -0.15) is 5.10 Å². The number of aromatic amines is 1. The number of aromatic nitrogens is 5. The average Bonchev–Trinajstić information content (AvgIpc) is 3.28. The molecular weight excluding hydrogens is 525 g/mol. The average molecular weight is 549 g/mol. The number of hydrogen-bond donors (Lipinski definition) is 2. The van der Waals surface area contributed by atoms with Gasteiger partial charge in [0.15, 0.2) is 5.52 Å². The zero-order valence-corrected chi connectivity index (χ0v) is 21.5. The summed E-state index contributed by atoms with van der Waals surface area (Å²) in [6, 6.07) is 8.87. The van der Waals surface area contributed by atoms with E-state index in [-0.39, 0.29) is 29.8 Å². The van der Waals surface area contributed by atoms with Crippen molar-refractivity contribution in [1.29, 1.82) is 0 Å². The third kappa shape index (κ3) is 5.64. The molecule has 1 aromatic carbocycles. The molecule has 1 atom stereocenters. The fourth-order valence-corrected chi connectivity index (χ4v) is 4.70. The number of fused-ring (bicyclic) bond motifs is 1. The van der Waals surface area contributed by atoms with Crippen molar-refractivity contribution in [2.45, 2.75) is 25.9 Å². The van der Waals surface area contributed by atoms with Gasteiger partial charge in [-0.05, 0) is 48.6 Å². The van der Waals surface area contributed by atoms with Crippen molar-refractivity contribution < 1.29 is 4.79 Å². The molecule has 1 fully saturated rings. The highest BCUT2D eigenvalue weighted by atomic mass is 35.5. The molecule has 5 rings (SSSR count). The number of nitrogens with one attached hydrogen (secondary N) is 2. The SMILES string of the molecule is Cl.O=C(c1cccnc1)N1CCCC(Cn2ncc3nc(NCc4ccc(Cl)c(Cl)c4)[nH]c(=O)c32)C1. The fraction of sp³-hybridized carbons (Fsp3) is 0.292. The first-order chi connectivity index (χ1) is 17.0. The third-order valence-electron chi connectivity index (χ3n) is 6.09. The summed E-state index contributed by atoms with van der Waals surface area (Å²) in [6.07, 6.45) is 6.68. The lowest BCUT2D eigenvalue weighted by Crippen LogP contribution is -2.41. The van der Waals surface area contributed by atoms with Crippen LogP contribution >= 0.6 is 35.6 Å². The molecule has 1 aliphatic heterocycles. The Hall–Kier alpha value is -3.14. The highest BCUT2D eigenvalue weighted by Gasteiger charge is 2.26. The van der Waals surface area contributed by atoms with Gasteiger partial charge in [-0.1, -0.05) is 29.3 Å². The molecule has 0 bridgehead atoms. The van der Waals surface area contributed by atoms with Gasteiger partial charge in [-0.15, -0.1) is 12.4 Å². The monoisotopic (exact) mass is 547 g/mol. The molecule has 0 saturated carbocycles. The van der Waals surface area contributed by atoms with Crippen molar-refractivity contribution in [3.8, 4) is 0 Å². The molecule has 0 radical (unpaired) electrons. The normalized spacial score (nSPS) is 15.5. The number of rotatable bonds is 6. The smallest absolute Gasteiger partial charge is 0.278 e. The number of benzene rings is 1. The maximum Gasteiger partial charge on any atom is 0.278 e. The first-order valence-electron chi connectivity index (χ1n) is 11.3. The molecule has 12 heteroatoms. The van der Waals surface area contributed by atoms with Gasteiger partial charge < -0.3 is 10.2 Å². The number of carbonyl (C=O) groups excluding carboxylic acids is 1. The van der Waals surface area contributed by atoms with E-state index in [9.17, 15) is 9.59 Å². The summed E-state index contributed by atoms with van der Waals surface area (Å²) in [5.41, 5.74) is 2.13. The van der Waals surface area contributed by atoms with Gasteiger partial charge in [0.2, 0.25) is 5.95 Å². The highest BCUT2D eigenvalue weighted by Crippen LogP contribution is 2.23. The van der Waals surface area contributed by atoms with Gasteiger partial charge in [0.05, 0.1) is 21.8 Å². The first-order valence-corrected chi connectivity index (χ1v) is 12.1. The van der Waals surface area contributed by atoms with Crippen LogP contribution in [0.15, 0.2) is 53.7 Å². The summed E-state index contributed by atoms with van der Waals surface area (Å²) in [4.78, 5) is 38.9. The van der Waals surface area contributed by atoms with Crippen molar-refractivity contribution in [3.63, 3.8) is 0 Å². The van der Waals surface area contributed by atoms with E-state index < -0.39 is 0 Å². The van der Waals surface area contributed by atoms with Crippen molar-refractivity contribution in [2.24, 2.45) is 5.92 Å². The second-order valence-corrected chi connectivity index (χ2v) is 9.39. The molecule has 188 valence electrons. The van der Waals surface area contributed by atoms with Crippen LogP contribution in [0.5, 0.6) is 0 Å². The Morgan fingerprint density at radius 1 is 1.19 bits per heavy atom. The number of halogens is 3. The Morgan fingerprint density at radius 2 is 2.06 bits per heavy atom. The fourth-order valence-electron chi connectivity index (χ4n) is 4.38. The van der Waals surface area contributed by atoms with Gasteiger partial charge in [-0.3, -0.25) is 24.2 Å². The Bertz CT molecular complexity index is 1420. The second kappa shape index (κ2) is 11.3. The number of piperidine rings is 1. The molecule has 36 heavy (non-hydrogen) atoms. The molecule has 1 unspecified atom stereocenters. The van der Waals surface area contributed by atoms with E-state index in [1.165, 1.54) is 0 Å². The minimum Gasteiger partial charge on any atom is -0.352 e. The number of nitrogens with zero attached hydrogens (tertiary/aromatic N) is 5. The number of pyridine rings is 1. The van der Waals surface area contributed by atoms with E-state index in [0.29, 0.717) is 58.8 Å². The summed E-state index contributed by atoms with van der Waals surface area (Å²) in [5.74, 6) is 0.503. The van der Waals surface area contributed by atoms with Crippen LogP contribution in [0.3, 0.4) is 0 Å². The number of hydrogen-bond acceptors (Lipinski definition) is 6. The van der Waals surface area contributed by atoms with Crippen LogP contribution in [0.2, 0.25) is 10.0 Å². The summed E-state index contributed by atoms with van der Waals surface area (Å²) in [7, 11) is 0. The Kier molecular flexibility index (Phi) is 8.13. The molecule has 4 aromatic rings. The van der Waals surface area contributed by atoms with Crippen LogP contribution in [-0.4, -0.2) is 48.6 Å².